The molecule has 0 unspecified atom stereocenters. The van der Waals surface area contributed by atoms with Crippen LogP contribution in [0.4, 0.5) is 0 Å². The standard InChI is InChI=1S/C26H30O8/c1-26(2,25(28)34-16-10-12-31-13-11-16)15-33-22-18(8-9-21(29-3)23(22)30-4)17-6-5-7-19-20(17)14-32-24(19)27/h5-9,16H,10-15H2,1-4H3. The summed E-state index contributed by atoms with van der Waals surface area (Å²) in [6.07, 6.45) is 1.24. The molecule has 2 aromatic carbocycles. The molecule has 0 amide bonds. The number of hydrogen-bond donors (Lipinski definition) is 0. The van der Waals surface area contributed by atoms with Gasteiger partial charge >= 0.3 is 11.9 Å². The Morgan fingerprint density at radius 1 is 1.00 bits per heavy atom. The van der Waals surface area contributed by atoms with E-state index < -0.39 is 5.41 Å². The van der Waals surface area contributed by atoms with E-state index in [2.05, 4.69) is 0 Å². The molecule has 0 atom stereocenters. The summed E-state index contributed by atoms with van der Waals surface area (Å²) in [4.78, 5) is 25.0. The van der Waals surface area contributed by atoms with Crippen molar-refractivity contribution in [3.8, 4) is 28.4 Å². The van der Waals surface area contributed by atoms with Gasteiger partial charge in [0.15, 0.2) is 11.5 Å². The van der Waals surface area contributed by atoms with Crippen LogP contribution in [0.15, 0.2) is 30.3 Å². The molecule has 0 aliphatic carbocycles. The molecule has 2 aromatic rings. The lowest BCUT2D eigenvalue weighted by Gasteiger charge is -2.29. The Morgan fingerprint density at radius 3 is 2.44 bits per heavy atom. The molecule has 8 heteroatoms. The van der Waals surface area contributed by atoms with E-state index in [0.717, 1.165) is 11.1 Å². The third kappa shape index (κ3) is 4.68. The third-order valence-corrected chi connectivity index (χ3v) is 6.11. The molecule has 2 aliphatic heterocycles. The zero-order chi connectivity index (χ0) is 24.3. The number of benzene rings is 2. The van der Waals surface area contributed by atoms with Gasteiger partial charge in [-0.1, -0.05) is 12.1 Å². The predicted octanol–water partition coefficient (Wildman–Crippen LogP) is 4.17. The molecular weight excluding hydrogens is 440 g/mol. The summed E-state index contributed by atoms with van der Waals surface area (Å²) >= 11 is 0. The van der Waals surface area contributed by atoms with Crippen LogP contribution in [-0.2, 0) is 25.6 Å². The van der Waals surface area contributed by atoms with E-state index in [0.29, 0.717) is 54.4 Å². The third-order valence-electron chi connectivity index (χ3n) is 6.11. The predicted molar refractivity (Wildman–Crippen MR) is 123 cm³/mol. The van der Waals surface area contributed by atoms with Gasteiger partial charge in [-0.25, -0.2) is 4.79 Å². The molecule has 0 bridgehead atoms. The summed E-state index contributed by atoms with van der Waals surface area (Å²) in [6.45, 7) is 4.98. The number of cyclic esters (lactones) is 1. The minimum absolute atomic E-state index is 0.0516. The zero-order valence-electron chi connectivity index (χ0n) is 20.0. The number of hydrogen-bond acceptors (Lipinski definition) is 8. The lowest BCUT2D eigenvalue weighted by molar-refractivity contribution is -0.165. The maximum Gasteiger partial charge on any atom is 0.338 e. The van der Waals surface area contributed by atoms with Crippen molar-refractivity contribution in [3.05, 3.63) is 41.5 Å². The summed E-state index contributed by atoms with van der Waals surface area (Å²) in [5.74, 6) is 0.626. The average molecular weight is 471 g/mol. The van der Waals surface area contributed by atoms with Gasteiger partial charge in [0.2, 0.25) is 5.75 Å². The smallest absolute Gasteiger partial charge is 0.338 e. The molecule has 0 N–H and O–H groups in total. The van der Waals surface area contributed by atoms with Crippen molar-refractivity contribution in [2.24, 2.45) is 5.41 Å². The van der Waals surface area contributed by atoms with Gasteiger partial charge in [-0.15, -0.1) is 0 Å². The molecule has 8 nitrogen and oxygen atoms in total. The van der Waals surface area contributed by atoms with E-state index in [1.807, 2.05) is 12.1 Å². The van der Waals surface area contributed by atoms with Gasteiger partial charge < -0.3 is 28.4 Å². The zero-order valence-corrected chi connectivity index (χ0v) is 20.0. The quantitative estimate of drug-likeness (QED) is 0.531. The fraction of sp³-hybridized carbons (Fsp3) is 0.462. The van der Waals surface area contributed by atoms with Crippen LogP contribution >= 0.6 is 0 Å². The molecule has 0 saturated carbocycles. The second-order valence-corrected chi connectivity index (χ2v) is 8.98. The Morgan fingerprint density at radius 2 is 1.74 bits per heavy atom. The van der Waals surface area contributed by atoms with Crippen LogP contribution in [-0.4, -0.2) is 52.1 Å². The maximum absolute atomic E-state index is 12.9. The normalized spacial score (nSPS) is 15.9. The first-order valence-corrected chi connectivity index (χ1v) is 11.3. The first-order chi connectivity index (χ1) is 16.4. The minimum atomic E-state index is -0.915. The molecule has 0 aromatic heterocycles. The Hall–Kier alpha value is -3.26. The molecule has 1 fully saturated rings. The Bertz CT molecular complexity index is 1070. The van der Waals surface area contributed by atoms with Gasteiger partial charge in [0.1, 0.15) is 19.3 Å². The largest absolute Gasteiger partial charge is 0.493 e. The molecule has 4 rings (SSSR count). The highest BCUT2D eigenvalue weighted by atomic mass is 16.6. The Balaban J connectivity index is 1.64. The number of carbonyl (C=O) groups is 2. The highest BCUT2D eigenvalue weighted by Gasteiger charge is 2.34. The van der Waals surface area contributed by atoms with Gasteiger partial charge in [0, 0.05) is 24.0 Å². The molecule has 2 aliphatic rings. The van der Waals surface area contributed by atoms with Crippen molar-refractivity contribution >= 4 is 11.9 Å². The molecule has 2 heterocycles. The van der Waals surface area contributed by atoms with E-state index in [-0.39, 0.29) is 31.3 Å². The number of esters is 2. The fourth-order valence-electron chi connectivity index (χ4n) is 4.07. The van der Waals surface area contributed by atoms with Crippen LogP contribution in [0.25, 0.3) is 11.1 Å². The van der Waals surface area contributed by atoms with Crippen LogP contribution in [0.3, 0.4) is 0 Å². The first kappa shape index (κ1) is 23.9. The Kier molecular flexibility index (Phi) is 6.97. The molecule has 0 radical (unpaired) electrons. The monoisotopic (exact) mass is 470 g/mol. The SMILES string of the molecule is COc1ccc(-c2cccc3c2COC3=O)c(OCC(C)(C)C(=O)OC2CCOCC2)c1OC. The van der Waals surface area contributed by atoms with E-state index in [1.165, 1.54) is 7.11 Å². The highest BCUT2D eigenvalue weighted by Crippen LogP contribution is 2.47. The van der Waals surface area contributed by atoms with Gasteiger partial charge in [0.05, 0.1) is 38.4 Å². The van der Waals surface area contributed by atoms with Gasteiger partial charge in [-0.3, -0.25) is 4.79 Å². The van der Waals surface area contributed by atoms with E-state index >= 15 is 0 Å². The van der Waals surface area contributed by atoms with Crippen molar-refractivity contribution < 1.29 is 38.0 Å². The summed E-state index contributed by atoms with van der Waals surface area (Å²) in [7, 11) is 3.07. The topological polar surface area (TPSA) is 89.5 Å². The number of carbonyl (C=O) groups excluding carboxylic acids is 2. The Labute approximate surface area is 199 Å². The van der Waals surface area contributed by atoms with Crippen molar-refractivity contribution in [3.63, 3.8) is 0 Å². The highest BCUT2D eigenvalue weighted by molar-refractivity contribution is 5.96. The van der Waals surface area contributed by atoms with Crippen LogP contribution < -0.4 is 14.2 Å². The summed E-state index contributed by atoms with van der Waals surface area (Å²) in [6, 6.07) is 9.08. The first-order valence-electron chi connectivity index (χ1n) is 11.3. The number of methoxy groups -OCH3 is 2. The van der Waals surface area contributed by atoms with Gasteiger partial charge in [-0.2, -0.15) is 0 Å². The molecule has 1 saturated heterocycles. The van der Waals surface area contributed by atoms with Crippen LogP contribution in [0.5, 0.6) is 17.2 Å². The van der Waals surface area contributed by atoms with E-state index in [9.17, 15) is 9.59 Å². The number of ether oxygens (including phenoxy) is 6. The molecule has 34 heavy (non-hydrogen) atoms. The van der Waals surface area contributed by atoms with Crippen LogP contribution in [0.2, 0.25) is 0 Å². The molecule has 182 valence electrons. The summed E-state index contributed by atoms with van der Waals surface area (Å²) in [5, 5.41) is 0. The number of rotatable bonds is 8. The van der Waals surface area contributed by atoms with Crippen LogP contribution in [0, 0.1) is 5.41 Å². The molecular formula is C26H30O8. The second-order valence-electron chi connectivity index (χ2n) is 8.98. The molecule has 0 spiro atoms. The average Bonchev–Trinajstić information content (AvgIpc) is 3.23. The van der Waals surface area contributed by atoms with Gasteiger partial charge in [-0.05, 0) is 37.6 Å². The van der Waals surface area contributed by atoms with E-state index in [1.54, 1.807) is 39.2 Å². The van der Waals surface area contributed by atoms with Crippen molar-refractivity contribution in [1.29, 1.82) is 0 Å². The fourth-order valence-corrected chi connectivity index (χ4v) is 4.07. The van der Waals surface area contributed by atoms with Crippen molar-refractivity contribution in [1.82, 2.24) is 0 Å². The maximum atomic E-state index is 12.9. The minimum Gasteiger partial charge on any atom is -0.493 e. The second kappa shape index (κ2) is 9.93. The number of fused-ring (bicyclic) bond motifs is 1. The van der Waals surface area contributed by atoms with Crippen molar-refractivity contribution in [2.45, 2.75) is 39.4 Å². The lowest BCUT2D eigenvalue weighted by Crippen LogP contribution is -2.37. The van der Waals surface area contributed by atoms with Crippen molar-refractivity contribution in [2.75, 3.05) is 34.0 Å². The summed E-state index contributed by atoms with van der Waals surface area (Å²) in [5.41, 5.74) is 1.89. The van der Waals surface area contributed by atoms with E-state index in [4.69, 9.17) is 28.4 Å². The lowest BCUT2D eigenvalue weighted by atomic mass is 9.94. The van der Waals surface area contributed by atoms with Crippen LogP contribution in [0.1, 0.15) is 42.6 Å². The van der Waals surface area contributed by atoms with Gasteiger partial charge in [0.25, 0.3) is 0 Å². The summed E-state index contributed by atoms with van der Waals surface area (Å²) < 4.78 is 33.7.